The minimum atomic E-state index is -0.623. The molecule has 0 aliphatic rings. The molecule has 3 N–H and O–H groups in total. The van der Waals surface area contributed by atoms with Gasteiger partial charge in [-0.3, -0.25) is 9.59 Å². The van der Waals surface area contributed by atoms with E-state index in [0.717, 1.165) is 16.9 Å². The highest BCUT2D eigenvalue weighted by atomic mass is 32.1. The number of carbonyl (C=O) groups is 2. The Morgan fingerprint density at radius 2 is 2.00 bits per heavy atom. The molecule has 0 bridgehead atoms. The Balaban J connectivity index is 1.97. The number of nitrogens with one attached hydrogen (secondary N) is 1. The lowest BCUT2D eigenvalue weighted by molar-refractivity contribution is 0.0946. The first-order valence-corrected chi connectivity index (χ1v) is 6.12. The summed E-state index contributed by atoms with van der Waals surface area (Å²) in [5.41, 5.74) is 6.28. The van der Waals surface area contributed by atoms with Crippen LogP contribution in [0, 0.1) is 0 Å². The molecule has 2 amide bonds. The maximum atomic E-state index is 11.7. The van der Waals surface area contributed by atoms with Crippen LogP contribution in [0.5, 0.6) is 0 Å². The van der Waals surface area contributed by atoms with E-state index in [2.05, 4.69) is 10.3 Å². The molecule has 0 unspecified atom stereocenters. The monoisotopic (exact) mass is 261 g/mol. The van der Waals surface area contributed by atoms with Crippen molar-refractivity contribution in [2.24, 2.45) is 5.73 Å². The van der Waals surface area contributed by atoms with Crippen LogP contribution in [0.3, 0.4) is 0 Å². The predicted molar refractivity (Wildman–Crippen MR) is 68.2 cm³/mol. The average Bonchev–Trinajstić information content (AvgIpc) is 2.87. The quantitative estimate of drug-likeness (QED) is 0.866. The zero-order valence-electron chi connectivity index (χ0n) is 9.42. The fourth-order valence-electron chi connectivity index (χ4n) is 1.36. The molecule has 0 fully saturated rings. The van der Waals surface area contributed by atoms with Gasteiger partial charge in [0, 0.05) is 11.9 Å². The Bertz CT molecular complexity index is 566. The molecule has 6 heteroatoms. The third-order valence-electron chi connectivity index (χ3n) is 2.24. The van der Waals surface area contributed by atoms with Crippen LogP contribution in [-0.4, -0.2) is 16.8 Å². The fourth-order valence-corrected chi connectivity index (χ4v) is 2.01. The van der Waals surface area contributed by atoms with E-state index in [-0.39, 0.29) is 16.6 Å². The Kier molecular flexibility index (Phi) is 3.69. The number of carbonyl (C=O) groups excluding carboxylic acids is 2. The molecule has 1 aromatic carbocycles. The highest BCUT2D eigenvalue weighted by Crippen LogP contribution is 2.09. The van der Waals surface area contributed by atoms with Crippen LogP contribution in [0.2, 0.25) is 0 Å². The van der Waals surface area contributed by atoms with Crippen molar-refractivity contribution in [2.75, 3.05) is 0 Å². The second kappa shape index (κ2) is 5.42. The first-order chi connectivity index (χ1) is 8.66. The summed E-state index contributed by atoms with van der Waals surface area (Å²) >= 11 is 1.06. The van der Waals surface area contributed by atoms with Gasteiger partial charge in [0.25, 0.3) is 11.8 Å². The third kappa shape index (κ3) is 2.92. The summed E-state index contributed by atoms with van der Waals surface area (Å²) in [6.07, 6.45) is 0. The molecule has 0 aliphatic carbocycles. The SMILES string of the molecule is NC(=O)c1nc(C(=O)NCc2ccccc2)cs1. The normalized spacial score (nSPS) is 10.0. The molecule has 2 aromatic rings. The zero-order valence-corrected chi connectivity index (χ0v) is 10.2. The number of amides is 2. The maximum absolute atomic E-state index is 11.7. The van der Waals surface area contributed by atoms with Crippen molar-refractivity contribution in [3.05, 3.63) is 52.0 Å². The second-order valence-electron chi connectivity index (χ2n) is 3.57. The van der Waals surface area contributed by atoms with Crippen molar-refractivity contribution in [2.45, 2.75) is 6.54 Å². The highest BCUT2D eigenvalue weighted by molar-refractivity contribution is 7.11. The van der Waals surface area contributed by atoms with Gasteiger partial charge in [-0.2, -0.15) is 0 Å². The van der Waals surface area contributed by atoms with Gasteiger partial charge in [-0.25, -0.2) is 4.98 Å². The molecule has 2 rings (SSSR count). The molecule has 0 saturated heterocycles. The van der Waals surface area contributed by atoms with Gasteiger partial charge in [0.2, 0.25) is 0 Å². The lowest BCUT2D eigenvalue weighted by Crippen LogP contribution is -2.23. The third-order valence-corrected chi connectivity index (χ3v) is 3.10. The smallest absolute Gasteiger partial charge is 0.277 e. The molecule has 0 spiro atoms. The minimum Gasteiger partial charge on any atom is -0.364 e. The molecule has 18 heavy (non-hydrogen) atoms. The highest BCUT2D eigenvalue weighted by Gasteiger charge is 2.12. The Morgan fingerprint density at radius 3 is 2.61 bits per heavy atom. The van der Waals surface area contributed by atoms with Gasteiger partial charge in [-0.15, -0.1) is 11.3 Å². The molecule has 1 heterocycles. The number of nitrogens with two attached hydrogens (primary N) is 1. The van der Waals surface area contributed by atoms with Gasteiger partial charge in [-0.1, -0.05) is 30.3 Å². The summed E-state index contributed by atoms with van der Waals surface area (Å²) in [5.74, 6) is -0.940. The van der Waals surface area contributed by atoms with Gasteiger partial charge >= 0.3 is 0 Å². The second-order valence-corrected chi connectivity index (χ2v) is 4.43. The maximum Gasteiger partial charge on any atom is 0.277 e. The number of hydrogen-bond acceptors (Lipinski definition) is 4. The van der Waals surface area contributed by atoms with E-state index in [1.54, 1.807) is 0 Å². The van der Waals surface area contributed by atoms with Crippen molar-refractivity contribution in [1.82, 2.24) is 10.3 Å². The molecule has 0 aliphatic heterocycles. The van der Waals surface area contributed by atoms with E-state index >= 15 is 0 Å². The summed E-state index contributed by atoms with van der Waals surface area (Å²) in [4.78, 5) is 26.4. The molecule has 0 saturated carbocycles. The fraction of sp³-hybridized carbons (Fsp3) is 0.0833. The Morgan fingerprint density at radius 1 is 1.28 bits per heavy atom. The van der Waals surface area contributed by atoms with Gasteiger partial charge in [0.05, 0.1) is 0 Å². The van der Waals surface area contributed by atoms with Crippen molar-refractivity contribution < 1.29 is 9.59 Å². The van der Waals surface area contributed by atoms with Crippen LogP contribution in [0.25, 0.3) is 0 Å². The van der Waals surface area contributed by atoms with Crippen LogP contribution in [-0.2, 0) is 6.54 Å². The number of hydrogen-bond donors (Lipinski definition) is 2. The summed E-state index contributed by atoms with van der Waals surface area (Å²) < 4.78 is 0. The zero-order chi connectivity index (χ0) is 13.0. The van der Waals surface area contributed by atoms with Gasteiger partial charge in [0.15, 0.2) is 5.01 Å². The van der Waals surface area contributed by atoms with E-state index in [1.807, 2.05) is 30.3 Å². The van der Waals surface area contributed by atoms with Gasteiger partial charge < -0.3 is 11.1 Å². The standard InChI is InChI=1S/C12H11N3O2S/c13-10(16)12-15-9(7-18-12)11(17)14-6-8-4-2-1-3-5-8/h1-5,7H,6H2,(H2,13,16)(H,14,17). The lowest BCUT2D eigenvalue weighted by atomic mass is 10.2. The van der Waals surface area contributed by atoms with Crippen LogP contribution < -0.4 is 11.1 Å². The van der Waals surface area contributed by atoms with Crippen LogP contribution in [0.15, 0.2) is 35.7 Å². The summed E-state index contributed by atoms with van der Waals surface area (Å²) in [7, 11) is 0. The van der Waals surface area contributed by atoms with Crippen molar-refractivity contribution in [1.29, 1.82) is 0 Å². The molecule has 92 valence electrons. The molecule has 0 radical (unpaired) electrons. The summed E-state index contributed by atoms with van der Waals surface area (Å²) in [6.45, 7) is 0.420. The molecule has 0 atom stereocenters. The Hall–Kier alpha value is -2.21. The number of aromatic nitrogens is 1. The van der Waals surface area contributed by atoms with Crippen LogP contribution >= 0.6 is 11.3 Å². The van der Waals surface area contributed by atoms with E-state index in [1.165, 1.54) is 5.38 Å². The van der Waals surface area contributed by atoms with Crippen molar-refractivity contribution >= 4 is 23.2 Å². The van der Waals surface area contributed by atoms with Crippen molar-refractivity contribution in [3.63, 3.8) is 0 Å². The van der Waals surface area contributed by atoms with E-state index < -0.39 is 5.91 Å². The van der Waals surface area contributed by atoms with Gasteiger partial charge in [-0.05, 0) is 5.56 Å². The number of benzene rings is 1. The number of thiazole rings is 1. The number of nitrogens with zero attached hydrogens (tertiary/aromatic N) is 1. The van der Waals surface area contributed by atoms with E-state index in [9.17, 15) is 9.59 Å². The van der Waals surface area contributed by atoms with Crippen molar-refractivity contribution in [3.8, 4) is 0 Å². The first kappa shape index (κ1) is 12.3. The predicted octanol–water partition coefficient (Wildman–Crippen LogP) is 1.17. The van der Waals surface area contributed by atoms with Crippen LogP contribution in [0.1, 0.15) is 25.9 Å². The largest absolute Gasteiger partial charge is 0.364 e. The van der Waals surface area contributed by atoms with E-state index in [4.69, 9.17) is 5.73 Å². The molecular formula is C12H11N3O2S. The summed E-state index contributed by atoms with van der Waals surface area (Å²) in [6, 6.07) is 9.53. The molecular weight excluding hydrogens is 250 g/mol. The molecule has 1 aromatic heterocycles. The number of rotatable bonds is 4. The lowest BCUT2D eigenvalue weighted by Gasteiger charge is -2.02. The topological polar surface area (TPSA) is 85.1 Å². The van der Waals surface area contributed by atoms with E-state index in [0.29, 0.717) is 6.54 Å². The Labute approximate surface area is 108 Å². The summed E-state index contributed by atoms with van der Waals surface area (Å²) in [5, 5.41) is 4.37. The number of primary amides is 1. The minimum absolute atomic E-state index is 0.139. The molecule has 5 nitrogen and oxygen atoms in total. The van der Waals surface area contributed by atoms with Crippen LogP contribution in [0.4, 0.5) is 0 Å². The average molecular weight is 261 g/mol. The van der Waals surface area contributed by atoms with Gasteiger partial charge in [0.1, 0.15) is 5.69 Å². The first-order valence-electron chi connectivity index (χ1n) is 5.24.